The van der Waals surface area contributed by atoms with Crippen molar-refractivity contribution in [1.82, 2.24) is 4.90 Å². The van der Waals surface area contributed by atoms with Crippen molar-refractivity contribution < 1.29 is 19.1 Å². The predicted molar refractivity (Wildman–Crippen MR) is 82.1 cm³/mol. The third-order valence-corrected chi connectivity index (χ3v) is 4.29. The molecule has 2 rings (SSSR count). The lowest BCUT2D eigenvalue weighted by Gasteiger charge is -2.25. The van der Waals surface area contributed by atoms with Gasteiger partial charge in [-0.2, -0.15) is 12.6 Å². The van der Waals surface area contributed by atoms with E-state index >= 15 is 0 Å². The quantitative estimate of drug-likeness (QED) is 0.819. The van der Waals surface area contributed by atoms with Crippen LogP contribution in [-0.4, -0.2) is 40.7 Å². The summed E-state index contributed by atoms with van der Waals surface area (Å²) in [6, 6.07) is -0.858. The van der Waals surface area contributed by atoms with Crippen LogP contribution in [0.2, 0.25) is 0 Å². The van der Waals surface area contributed by atoms with Crippen LogP contribution in [0.15, 0.2) is 4.42 Å². The first-order valence-corrected chi connectivity index (χ1v) is 7.82. The van der Waals surface area contributed by atoms with Crippen molar-refractivity contribution >= 4 is 24.5 Å². The Morgan fingerprint density at radius 2 is 2.05 bits per heavy atom. The molecule has 5 nitrogen and oxygen atoms in total. The van der Waals surface area contributed by atoms with Crippen molar-refractivity contribution in [1.29, 1.82) is 0 Å². The molecule has 0 aromatic carbocycles. The summed E-state index contributed by atoms with van der Waals surface area (Å²) in [5.74, 6) is 0.616. The normalized spacial score (nSPS) is 15.4. The second kappa shape index (κ2) is 6.56. The average Bonchev–Trinajstić information content (AvgIpc) is 2.78. The maximum absolute atomic E-state index is 12.7. The summed E-state index contributed by atoms with van der Waals surface area (Å²) in [6.45, 7) is 1.77. The number of hydrogen-bond donors (Lipinski definition) is 2. The molecule has 1 N–H and O–H groups in total. The van der Waals surface area contributed by atoms with Gasteiger partial charge in [-0.1, -0.05) is 0 Å². The van der Waals surface area contributed by atoms with Crippen LogP contribution in [0, 0.1) is 6.92 Å². The fraction of sp³-hybridized carbons (Fsp3) is 0.600. The van der Waals surface area contributed by atoms with E-state index in [1.54, 1.807) is 6.92 Å². The van der Waals surface area contributed by atoms with Gasteiger partial charge in [0.15, 0.2) is 0 Å². The summed E-state index contributed by atoms with van der Waals surface area (Å²) in [5, 5.41) is 9.28. The first-order valence-electron chi connectivity index (χ1n) is 7.19. The van der Waals surface area contributed by atoms with E-state index in [0.29, 0.717) is 23.5 Å². The summed E-state index contributed by atoms with van der Waals surface area (Å²) in [5.41, 5.74) is 1.52. The zero-order valence-electron chi connectivity index (χ0n) is 12.4. The van der Waals surface area contributed by atoms with Gasteiger partial charge < -0.3 is 14.4 Å². The highest BCUT2D eigenvalue weighted by Gasteiger charge is 2.32. The molecule has 1 unspecified atom stereocenters. The van der Waals surface area contributed by atoms with Crippen LogP contribution in [-0.2, 0) is 17.6 Å². The van der Waals surface area contributed by atoms with Gasteiger partial charge in [0.2, 0.25) is 0 Å². The molecule has 0 saturated carbocycles. The molecule has 0 saturated heterocycles. The number of carboxylic acids is 1. The second-order valence-corrected chi connectivity index (χ2v) is 5.87. The molecule has 0 bridgehead atoms. The SMILES string of the molecule is Cc1oc2c(c1C(=O)N(C)C(CCS)C(=O)O)CCCC2. The van der Waals surface area contributed by atoms with Crippen molar-refractivity contribution in [3.05, 3.63) is 22.6 Å². The number of aliphatic carboxylic acids is 1. The number of rotatable bonds is 5. The number of carboxylic acid groups (broad SMARTS) is 1. The Kier molecular flexibility index (Phi) is 4.98. The van der Waals surface area contributed by atoms with E-state index < -0.39 is 12.0 Å². The molecule has 6 heteroatoms. The Labute approximate surface area is 129 Å². The van der Waals surface area contributed by atoms with Crippen LogP contribution in [0.25, 0.3) is 0 Å². The van der Waals surface area contributed by atoms with Crippen molar-refractivity contribution in [2.24, 2.45) is 0 Å². The molecule has 1 heterocycles. The summed E-state index contributed by atoms with van der Waals surface area (Å²) >= 11 is 4.07. The van der Waals surface area contributed by atoms with E-state index in [0.717, 1.165) is 37.0 Å². The number of hydrogen-bond acceptors (Lipinski definition) is 4. The van der Waals surface area contributed by atoms with E-state index in [9.17, 15) is 14.7 Å². The van der Waals surface area contributed by atoms with Gasteiger partial charge in [-0.25, -0.2) is 4.79 Å². The van der Waals surface area contributed by atoms with Gasteiger partial charge in [0, 0.05) is 19.0 Å². The maximum atomic E-state index is 12.7. The molecule has 1 aromatic rings. The van der Waals surface area contributed by atoms with Crippen molar-refractivity contribution in [3.8, 4) is 0 Å². The monoisotopic (exact) mass is 311 g/mol. The van der Waals surface area contributed by atoms with Gasteiger partial charge in [0.25, 0.3) is 5.91 Å². The topological polar surface area (TPSA) is 70.8 Å². The van der Waals surface area contributed by atoms with Gasteiger partial charge in [0.1, 0.15) is 17.6 Å². The van der Waals surface area contributed by atoms with Crippen LogP contribution in [0.5, 0.6) is 0 Å². The Hall–Kier alpha value is -1.43. The van der Waals surface area contributed by atoms with Crippen LogP contribution >= 0.6 is 12.6 Å². The van der Waals surface area contributed by atoms with E-state index in [-0.39, 0.29) is 5.91 Å². The number of likely N-dealkylation sites (N-methyl/N-ethyl adjacent to an activating group) is 1. The lowest BCUT2D eigenvalue weighted by atomic mass is 9.94. The zero-order valence-corrected chi connectivity index (χ0v) is 13.3. The minimum Gasteiger partial charge on any atom is -0.480 e. The number of carbonyl (C=O) groups is 2. The smallest absolute Gasteiger partial charge is 0.326 e. The Bertz CT molecular complexity index is 552. The fourth-order valence-corrected chi connectivity index (χ4v) is 3.15. The summed E-state index contributed by atoms with van der Waals surface area (Å²) in [4.78, 5) is 25.3. The Morgan fingerprint density at radius 3 is 2.67 bits per heavy atom. The molecule has 1 amide bonds. The second-order valence-electron chi connectivity index (χ2n) is 5.42. The van der Waals surface area contributed by atoms with E-state index in [4.69, 9.17) is 4.42 Å². The highest BCUT2D eigenvalue weighted by Crippen LogP contribution is 2.30. The summed E-state index contributed by atoms with van der Waals surface area (Å²) < 4.78 is 5.70. The zero-order chi connectivity index (χ0) is 15.6. The number of fused-ring (bicyclic) bond motifs is 1. The van der Waals surface area contributed by atoms with Gasteiger partial charge in [-0.3, -0.25) is 4.79 Å². The van der Waals surface area contributed by atoms with Gasteiger partial charge in [-0.15, -0.1) is 0 Å². The number of thiol groups is 1. The molecule has 1 aromatic heterocycles. The van der Waals surface area contributed by atoms with Gasteiger partial charge >= 0.3 is 5.97 Å². The molecule has 0 fully saturated rings. The van der Waals surface area contributed by atoms with E-state index in [1.807, 2.05) is 0 Å². The molecule has 0 spiro atoms. The summed E-state index contributed by atoms with van der Waals surface area (Å²) in [7, 11) is 1.53. The minimum absolute atomic E-state index is 0.270. The van der Waals surface area contributed by atoms with Crippen LogP contribution in [0.4, 0.5) is 0 Å². The molecular formula is C15H21NO4S. The van der Waals surface area contributed by atoms with Crippen molar-refractivity contribution in [3.63, 3.8) is 0 Å². The first kappa shape index (κ1) is 15.9. The molecule has 0 radical (unpaired) electrons. The molecule has 1 aliphatic rings. The van der Waals surface area contributed by atoms with Gasteiger partial charge in [0.05, 0.1) is 5.56 Å². The third kappa shape index (κ3) is 3.10. The molecular weight excluding hydrogens is 290 g/mol. The number of aryl methyl sites for hydroxylation is 2. The number of nitrogens with zero attached hydrogens (tertiary/aromatic N) is 1. The lowest BCUT2D eigenvalue weighted by Crippen LogP contribution is -2.43. The molecule has 21 heavy (non-hydrogen) atoms. The molecule has 116 valence electrons. The third-order valence-electron chi connectivity index (χ3n) is 4.04. The van der Waals surface area contributed by atoms with E-state index in [2.05, 4.69) is 12.6 Å². The first-order chi connectivity index (χ1) is 9.97. The number of carbonyl (C=O) groups excluding carboxylic acids is 1. The number of amides is 1. The maximum Gasteiger partial charge on any atom is 0.326 e. The standard InChI is InChI=1S/C15H21NO4S/c1-9-13(10-5-3-4-6-12(10)20-9)14(17)16(2)11(7-8-21)15(18)19/h11,21H,3-8H2,1-2H3,(H,18,19). The lowest BCUT2D eigenvalue weighted by molar-refractivity contribution is -0.142. The highest BCUT2D eigenvalue weighted by atomic mass is 32.1. The molecule has 1 atom stereocenters. The van der Waals surface area contributed by atoms with Crippen molar-refractivity contribution in [2.45, 2.75) is 45.1 Å². The average molecular weight is 311 g/mol. The summed E-state index contributed by atoms with van der Waals surface area (Å²) in [6.07, 6.45) is 4.10. The van der Waals surface area contributed by atoms with Crippen LogP contribution in [0.3, 0.4) is 0 Å². The fourth-order valence-electron chi connectivity index (χ4n) is 2.91. The van der Waals surface area contributed by atoms with Crippen LogP contribution in [0.1, 0.15) is 46.7 Å². The predicted octanol–water partition coefficient (Wildman–Crippen LogP) is 2.31. The largest absolute Gasteiger partial charge is 0.480 e. The van der Waals surface area contributed by atoms with Crippen molar-refractivity contribution in [2.75, 3.05) is 12.8 Å². The van der Waals surface area contributed by atoms with Gasteiger partial charge in [-0.05, 0) is 38.4 Å². The Morgan fingerprint density at radius 1 is 1.38 bits per heavy atom. The molecule has 1 aliphatic carbocycles. The minimum atomic E-state index is -1.00. The highest BCUT2D eigenvalue weighted by molar-refractivity contribution is 7.80. The van der Waals surface area contributed by atoms with E-state index in [1.165, 1.54) is 11.9 Å². The number of furan rings is 1. The molecule has 0 aliphatic heterocycles. The Balaban J connectivity index is 2.31. The van der Waals surface area contributed by atoms with Crippen LogP contribution < -0.4 is 0 Å².